The molecule has 0 saturated carbocycles. The number of benzene rings is 2. The van der Waals surface area contributed by atoms with Gasteiger partial charge in [-0.05, 0) is 47.5 Å². The first-order chi connectivity index (χ1) is 15.7. The monoisotopic (exact) mass is 487 g/mol. The molecule has 3 rings (SSSR count). The van der Waals surface area contributed by atoms with Crippen LogP contribution in [0.25, 0.3) is 0 Å². The Balaban J connectivity index is 0.00000122. The topological polar surface area (TPSA) is 61.4 Å². The van der Waals surface area contributed by atoms with Gasteiger partial charge in [-0.3, -0.25) is 9.10 Å². The van der Waals surface area contributed by atoms with Crippen molar-refractivity contribution in [1.82, 2.24) is 14.9 Å². The molecule has 1 aliphatic heterocycles. The van der Waals surface area contributed by atoms with E-state index in [1.807, 2.05) is 55.5 Å². The number of nitrogens with zero attached hydrogens (tertiary/aromatic N) is 1. The zero-order valence-electron chi connectivity index (χ0n) is 20.4. The molecule has 4 unspecified atom stereocenters. The molecular formula is C26H38N3O2PS. The molecule has 4 atom stereocenters. The Hall–Kier alpha value is -2.17. The van der Waals surface area contributed by atoms with E-state index in [0.29, 0.717) is 29.6 Å². The Labute approximate surface area is 204 Å². The SMILES string of the molecule is C=C1NC(C(C)C)CS(=O)N1Cc1cc(P)cc(C(=O)NC(C)c2ccccc2)c1.CCC. The lowest BCUT2D eigenvalue weighted by atomic mass is 10.1. The molecule has 0 aliphatic carbocycles. The summed E-state index contributed by atoms with van der Waals surface area (Å²) < 4.78 is 14.6. The van der Waals surface area contributed by atoms with Crippen LogP contribution in [-0.4, -0.2) is 26.2 Å². The molecular weight excluding hydrogens is 449 g/mol. The average Bonchev–Trinajstić information content (AvgIpc) is 2.76. The molecule has 2 N–H and O–H groups in total. The van der Waals surface area contributed by atoms with Crippen LogP contribution in [0.3, 0.4) is 0 Å². The van der Waals surface area contributed by atoms with E-state index in [1.165, 1.54) is 6.42 Å². The van der Waals surface area contributed by atoms with Crippen LogP contribution < -0.4 is 15.9 Å². The van der Waals surface area contributed by atoms with Gasteiger partial charge >= 0.3 is 0 Å². The van der Waals surface area contributed by atoms with Gasteiger partial charge in [-0.25, -0.2) is 4.21 Å². The molecule has 1 heterocycles. The third-order valence-electron chi connectivity index (χ3n) is 5.28. The summed E-state index contributed by atoms with van der Waals surface area (Å²) in [5.74, 6) is 1.47. The first-order valence-corrected chi connectivity index (χ1v) is 13.4. The highest BCUT2D eigenvalue weighted by Gasteiger charge is 2.29. The third kappa shape index (κ3) is 7.97. The van der Waals surface area contributed by atoms with Crippen molar-refractivity contribution in [3.8, 4) is 0 Å². The lowest BCUT2D eigenvalue weighted by molar-refractivity contribution is 0.0940. The first kappa shape index (κ1) is 27.1. The van der Waals surface area contributed by atoms with Gasteiger partial charge in [-0.1, -0.05) is 71.0 Å². The summed E-state index contributed by atoms with van der Waals surface area (Å²) in [5.41, 5.74) is 2.56. The minimum atomic E-state index is -1.15. The normalized spacial score (nSPS) is 18.8. The molecule has 1 aliphatic rings. The summed E-state index contributed by atoms with van der Waals surface area (Å²) in [6.45, 7) is 14.9. The third-order valence-corrected chi connectivity index (χ3v) is 7.10. The fourth-order valence-corrected chi connectivity index (χ4v) is 5.37. The van der Waals surface area contributed by atoms with E-state index in [9.17, 15) is 9.00 Å². The summed E-state index contributed by atoms with van der Waals surface area (Å²) in [4.78, 5) is 12.8. The smallest absolute Gasteiger partial charge is 0.251 e. The van der Waals surface area contributed by atoms with E-state index in [0.717, 1.165) is 16.4 Å². The van der Waals surface area contributed by atoms with Gasteiger partial charge in [0.05, 0.1) is 18.3 Å². The molecule has 1 saturated heterocycles. The van der Waals surface area contributed by atoms with Gasteiger partial charge in [-0.15, -0.1) is 9.24 Å². The lowest BCUT2D eigenvalue weighted by Gasteiger charge is -2.37. The summed E-state index contributed by atoms with van der Waals surface area (Å²) in [5, 5.41) is 7.33. The van der Waals surface area contributed by atoms with Gasteiger partial charge in [0.1, 0.15) is 16.8 Å². The van der Waals surface area contributed by atoms with E-state index in [1.54, 1.807) is 4.31 Å². The van der Waals surface area contributed by atoms with Gasteiger partial charge in [0, 0.05) is 11.6 Å². The second-order valence-corrected chi connectivity index (χ2v) is 10.8. The zero-order valence-corrected chi connectivity index (χ0v) is 22.4. The summed E-state index contributed by atoms with van der Waals surface area (Å²) in [6.07, 6.45) is 1.25. The van der Waals surface area contributed by atoms with E-state index >= 15 is 0 Å². The Morgan fingerprint density at radius 1 is 1.21 bits per heavy atom. The Morgan fingerprint density at radius 3 is 2.42 bits per heavy atom. The standard InChI is InChI=1S/C23H30N3O2PS.C3H8/c1-15(2)22-14-30(28)26(17(4)25-22)13-18-10-20(12-21(29)11-18)23(27)24-16(3)19-8-6-5-7-9-19;1-3-2/h5-12,15-16,22,25H,4,13-14,29H2,1-3H3,(H,24,27);3H2,1-2H3. The van der Waals surface area contributed by atoms with Crippen molar-refractivity contribution in [2.75, 3.05) is 5.75 Å². The van der Waals surface area contributed by atoms with Crippen LogP contribution in [0.1, 0.15) is 68.6 Å². The Bertz CT molecular complexity index is 947. The van der Waals surface area contributed by atoms with Crippen LogP contribution in [-0.2, 0) is 17.5 Å². The van der Waals surface area contributed by atoms with E-state index in [-0.39, 0.29) is 18.0 Å². The molecule has 7 heteroatoms. The maximum atomic E-state index is 12.8. The number of carbonyl (C=O) groups excluding carboxylic acids is 1. The fraction of sp³-hybridized carbons (Fsp3) is 0.423. The number of amides is 1. The van der Waals surface area contributed by atoms with Crippen LogP contribution in [0.15, 0.2) is 60.9 Å². The highest BCUT2D eigenvalue weighted by molar-refractivity contribution is 7.82. The molecule has 2 aromatic rings. The average molecular weight is 488 g/mol. The number of nitrogens with one attached hydrogen (secondary N) is 2. The first-order valence-electron chi connectivity index (χ1n) is 11.5. The second-order valence-electron chi connectivity index (χ2n) is 8.74. The minimum Gasteiger partial charge on any atom is -0.368 e. The van der Waals surface area contributed by atoms with E-state index in [2.05, 4.69) is 54.1 Å². The predicted octanol–water partition coefficient (Wildman–Crippen LogP) is 4.66. The maximum Gasteiger partial charge on any atom is 0.251 e. The van der Waals surface area contributed by atoms with E-state index < -0.39 is 11.0 Å². The van der Waals surface area contributed by atoms with Crippen molar-refractivity contribution in [2.24, 2.45) is 5.92 Å². The van der Waals surface area contributed by atoms with Gasteiger partial charge in [0.25, 0.3) is 5.91 Å². The molecule has 0 radical (unpaired) electrons. The van der Waals surface area contributed by atoms with Gasteiger partial charge in [0.2, 0.25) is 0 Å². The Kier molecular flexibility index (Phi) is 10.6. The number of rotatable bonds is 6. The van der Waals surface area contributed by atoms with Crippen LogP contribution in [0.2, 0.25) is 0 Å². The zero-order chi connectivity index (χ0) is 24.5. The lowest BCUT2D eigenvalue weighted by Crippen LogP contribution is -2.50. The summed E-state index contributed by atoms with van der Waals surface area (Å²) in [6, 6.07) is 15.6. The highest BCUT2D eigenvalue weighted by atomic mass is 32.2. The summed E-state index contributed by atoms with van der Waals surface area (Å²) >= 11 is 0. The van der Waals surface area contributed by atoms with Crippen LogP contribution >= 0.6 is 9.24 Å². The quantitative estimate of drug-likeness (QED) is 0.583. The van der Waals surface area contributed by atoms with Crippen molar-refractivity contribution < 1.29 is 9.00 Å². The van der Waals surface area contributed by atoms with E-state index in [4.69, 9.17) is 0 Å². The molecule has 0 aromatic heterocycles. The summed E-state index contributed by atoms with van der Waals surface area (Å²) in [7, 11) is 1.50. The molecule has 180 valence electrons. The minimum absolute atomic E-state index is 0.0955. The molecule has 0 bridgehead atoms. The molecule has 5 nitrogen and oxygen atoms in total. The molecule has 2 aromatic carbocycles. The van der Waals surface area contributed by atoms with Crippen LogP contribution in [0.5, 0.6) is 0 Å². The van der Waals surface area contributed by atoms with Crippen molar-refractivity contribution in [3.05, 3.63) is 77.6 Å². The van der Waals surface area contributed by atoms with Gasteiger partial charge in [0.15, 0.2) is 0 Å². The number of carbonyl (C=O) groups is 1. The van der Waals surface area contributed by atoms with Gasteiger partial charge in [-0.2, -0.15) is 0 Å². The molecule has 0 spiro atoms. The fourth-order valence-electron chi connectivity index (χ4n) is 3.43. The number of hydrogen-bond acceptors (Lipinski definition) is 3. The molecule has 33 heavy (non-hydrogen) atoms. The van der Waals surface area contributed by atoms with Crippen molar-refractivity contribution >= 4 is 31.4 Å². The van der Waals surface area contributed by atoms with Crippen molar-refractivity contribution in [3.63, 3.8) is 0 Å². The molecule has 1 fully saturated rings. The van der Waals surface area contributed by atoms with Crippen molar-refractivity contribution in [1.29, 1.82) is 0 Å². The largest absolute Gasteiger partial charge is 0.368 e. The van der Waals surface area contributed by atoms with Crippen LogP contribution in [0, 0.1) is 5.92 Å². The Morgan fingerprint density at radius 2 is 1.85 bits per heavy atom. The van der Waals surface area contributed by atoms with Crippen LogP contribution in [0.4, 0.5) is 0 Å². The predicted molar refractivity (Wildman–Crippen MR) is 144 cm³/mol. The number of hydrogen-bond donors (Lipinski definition) is 2. The molecule has 1 amide bonds. The maximum absolute atomic E-state index is 12.8. The second kappa shape index (κ2) is 12.9. The highest BCUT2D eigenvalue weighted by Crippen LogP contribution is 2.21. The van der Waals surface area contributed by atoms with Crippen molar-refractivity contribution in [2.45, 2.75) is 59.7 Å². The van der Waals surface area contributed by atoms with Gasteiger partial charge < -0.3 is 10.6 Å².